The second kappa shape index (κ2) is 3.85. The lowest BCUT2D eigenvalue weighted by molar-refractivity contribution is -0.207. The standard InChI is InChI=1S/C8H14N2O3/c1-5(2)8(9)13-10-6(11)3-4-7(10)12/h5,8H,3-4,9H2,1-2H3. The van der Waals surface area contributed by atoms with E-state index in [1.165, 1.54) is 0 Å². The number of hydroxylamine groups is 2. The van der Waals surface area contributed by atoms with Crippen molar-refractivity contribution in [2.24, 2.45) is 11.7 Å². The van der Waals surface area contributed by atoms with Gasteiger partial charge in [0.1, 0.15) is 6.23 Å². The average Bonchev–Trinajstić information content (AvgIpc) is 2.35. The highest BCUT2D eigenvalue weighted by Gasteiger charge is 2.32. The van der Waals surface area contributed by atoms with Crippen molar-refractivity contribution < 1.29 is 14.4 Å². The van der Waals surface area contributed by atoms with Crippen LogP contribution in [0.2, 0.25) is 0 Å². The first-order valence-electron chi connectivity index (χ1n) is 4.30. The number of amides is 2. The zero-order valence-electron chi connectivity index (χ0n) is 7.82. The smallest absolute Gasteiger partial charge is 0.254 e. The molecule has 0 bridgehead atoms. The van der Waals surface area contributed by atoms with Gasteiger partial charge >= 0.3 is 0 Å². The largest absolute Gasteiger partial charge is 0.304 e. The Hall–Kier alpha value is -0.940. The SMILES string of the molecule is CC(C)C(N)ON1C(=O)CCC1=O. The van der Waals surface area contributed by atoms with Crippen LogP contribution in [0, 0.1) is 5.92 Å². The zero-order chi connectivity index (χ0) is 10.0. The molecule has 0 aliphatic carbocycles. The van der Waals surface area contributed by atoms with Gasteiger partial charge < -0.3 is 5.73 Å². The summed E-state index contributed by atoms with van der Waals surface area (Å²) in [6, 6.07) is 0. The van der Waals surface area contributed by atoms with Crippen LogP contribution in [-0.4, -0.2) is 23.1 Å². The molecule has 5 heteroatoms. The van der Waals surface area contributed by atoms with Gasteiger partial charge in [-0.25, -0.2) is 4.84 Å². The molecule has 1 atom stereocenters. The molecule has 0 aromatic heterocycles. The molecule has 1 unspecified atom stereocenters. The second-order valence-corrected chi connectivity index (χ2v) is 3.40. The van der Waals surface area contributed by atoms with E-state index >= 15 is 0 Å². The molecule has 74 valence electrons. The van der Waals surface area contributed by atoms with Crippen molar-refractivity contribution in [1.29, 1.82) is 0 Å². The minimum Gasteiger partial charge on any atom is -0.304 e. The Kier molecular flexibility index (Phi) is 3.00. The summed E-state index contributed by atoms with van der Waals surface area (Å²) in [4.78, 5) is 27.1. The molecule has 1 saturated heterocycles. The van der Waals surface area contributed by atoms with Crippen LogP contribution in [0.4, 0.5) is 0 Å². The van der Waals surface area contributed by atoms with E-state index in [1.807, 2.05) is 13.8 Å². The van der Waals surface area contributed by atoms with E-state index in [4.69, 9.17) is 10.6 Å². The van der Waals surface area contributed by atoms with E-state index in [9.17, 15) is 9.59 Å². The molecule has 2 amide bonds. The maximum Gasteiger partial charge on any atom is 0.254 e. The Morgan fingerprint density at radius 2 is 1.77 bits per heavy atom. The minimum atomic E-state index is -0.606. The van der Waals surface area contributed by atoms with E-state index in [1.54, 1.807) is 0 Å². The number of hydrogen-bond donors (Lipinski definition) is 1. The Morgan fingerprint density at radius 3 is 2.15 bits per heavy atom. The molecule has 0 saturated carbocycles. The molecule has 1 aliphatic rings. The van der Waals surface area contributed by atoms with Crippen molar-refractivity contribution in [3.8, 4) is 0 Å². The topological polar surface area (TPSA) is 72.6 Å². The number of carbonyl (C=O) groups excluding carboxylic acids is 2. The molecule has 0 radical (unpaired) electrons. The Morgan fingerprint density at radius 1 is 1.31 bits per heavy atom. The van der Waals surface area contributed by atoms with Crippen LogP contribution in [0.3, 0.4) is 0 Å². The van der Waals surface area contributed by atoms with Gasteiger partial charge in [-0.2, -0.15) is 5.06 Å². The first-order chi connectivity index (χ1) is 6.02. The third kappa shape index (κ3) is 2.26. The van der Waals surface area contributed by atoms with Gasteiger partial charge in [0.15, 0.2) is 0 Å². The fourth-order valence-electron chi connectivity index (χ4n) is 0.917. The molecule has 13 heavy (non-hydrogen) atoms. The lowest BCUT2D eigenvalue weighted by atomic mass is 10.2. The van der Waals surface area contributed by atoms with Gasteiger partial charge in [-0.15, -0.1) is 0 Å². The number of nitrogens with two attached hydrogens (primary N) is 1. The zero-order valence-corrected chi connectivity index (χ0v) is 7.82. The predicted octanol–water partition coefficient (Wildman–Crippen LogP) is 0.00780. The predicted molar refractivity (Wildman–Crippen MR) is 45.0 cm³/mol. The average molecular weight is 186 g/mol. The summed E-state index contributed by atoms with van der Waals surface area (Å²) in [7, 11) is 0. The highest BCUT2D eigenvalue weighted by Crippen LogP contribution is 2.14. The van der Waals surface area contributed by atoms with Crippen LogP contribution in [0.1, 0.15) is 26.7 Å². The van der Waals surface area contributed by atoms with Crippen LogP contribution >= 0.6 is 0 Å². The number of carbonyl (C=O) groups is 2. The summed E-state index contributed by atoms with van der Waals surface area (Å²) in [6.07, 6.45) is -0.154. The lowest BCUT2D eigenvalue weighted by Crippen LogP contribution is -2.40. The summed E-state index contributed by atoms with van der Waals surface area (Å²) in [5.74, 6) is -0.539. The Balaban J connectivity index is 2.52. The first-order valence-corrected chi connectivity index (χ1v) is 4.30. The summed E-state index contributed by atoms with van der Waals surface area (Å²) in [6.45, 7) is 3.71. The van der Waals surface area contributed by atoms with Crippen LogP contribution < -0.4 is 5.73 Å². The van der Waals surface area contributed by atoms with Gasteiger partial charge in [0, 0.05) is 12.8 Å². The normalized spacial score (nSPS) is 20.2. The van der Waals surface area contributed by atoms with E-state index in [2.05, 4.69) is 0 Å². The van der Waals surface area contributed by atoms with Crippen molar-refractivity contribution in [3.05, 3.63) is 0 Å². The third-order valence-corrected chi connectivity index (χ3v) is 1.89. The van der Waals surface area contributed by atoms with Crippen LogP contribution in [0.5, 0.6) is 0 Å². The van der Waals surface area contributed by atoms with E-state index < -0.39 is 6.23 Å². The molecular weight excluding hydrogens is 172 g/mol. The number of rotatable bonds is 3. The Bertz CT molecular complexity index is 211. The summed E-state index contributed by atoms with van der Waals surface area (Å²) in [5, 5.41) is 0.782. The minimum absolute atomic E-state index is 0.0706. The fourth-order valence-corrected chi connectivity index (χ4v) is 0.917. The van der Waals surface area contributed by atoms with Crippen molar-refractivity contribution in [3.63, 3.8) is 0 Å². The highest BCUT2D eigenvalue weighted by atomic mass is 16.7. The van der Waals surface area contributed by atoms with Gasteiger partial charge in [0.05, 0.1) is 0 Å². The number of nitrogens with zero attached hydrogens (tertiary/aromatic N) is 1. The van der Waals surface area contributed by atoms with Crippen LogP contribution in [0.15, 0.2) is 0 Å². The number of imide groups is 1. The maximum absolute atomic E-state index is 11.1. The fraction of sp³-hybridized carbons (Fsp3) is 0.750. The van der Waals surface area contributed by atoms with Gasteiger partial charge in [-0.1, -0.05) is 13.8 Å². The monoisotopic (exact) mass is 186 g/mol. The second-order valence-electron chi connectivity index (χ2n) is 3.40. The van der Waals surface area contributed by atoms with E-state index in [0.29, 0.717) is 0 Å². The van der Waals surface area contributed by atoms with Crippen molar-refractivity contribution in [2.75, 3.05) is 0 Å². The van der Waals surface area contributed by atoms with Crippen LogP contribution in [-0.2, 0) is 14.4 Å². The molecule has 0 aromatic carbocycles. The van der Waals surface area contributed by atoms with Crippen molar-refractivity contribution in [2.45, 2.75) is 32.9 Å². The highest BCUT2D eigenvalue weighted by molar-refractivity contribution is 6.00. The summed E-state index contributed by atoms with van der Waals surface area (Å²) < 4.78 is 0. The van der Waals surface area contributed by atoms with Gasteiger partial charge in [-0.05, 0) is 5.92 Å². The molecule has 1 rings (SSSR count). The number of hydrogen-bond acceptors (Lipinski definition) is 4. The molecule has 1 heterocycles. The molecule has 1 aliphatic heterocycles. The lowest BCUT2D eigenvalue weighted by Gasteiger charge is -2.21. The van der Waals surface area contributed by atoms with Crippen LogP contribution in [0.25, 0.3) is 0 Å². The molecular formula is C8H14N2O3. The molecule has 0 spiro atoms. The quantitative estimate of drug-likeness (QED) is 0.497. The van der Waals surface area contributed by atoms with Gasteiger partial charge in [0.2, 0.25) is 0 Å². The summed E-state index contributed by atoms with van der Waals surface area (Å²) in [5.41, 5.74) is 5.55. The molecule has 2 N–H and O–H groups in total. The van der Waals surface area contributed by atoms with E-state index in [0.717, 1.165) is 5.06 Å². The molecule has 1 fully saturated rings. The summed E-state index contributed by atoms with van der Waals surface area (Å²) >= 11 is 0. The van der Waals surface area contributed by atoms with Gasteiger partial charge in [0.25, 0.3) is 11.8 Å². The van der Waals surface area contributed by atoms with Crippen molar-refractivity contribution >= 4 is 11.8 Å². The third-order valence-electron chi connectivity index (χ3n) is 1.89. The molecule has 0 aromatic rings. The van der Waals surface area contributed by atoms with E-state index in [-0.39, 0.29) is 30.6 Å². The van der Waals surface area contributed by atoms with Crippen molar-refractivity contribution in [1.82, 2.24) is 5.06 Å². The molecule has 5 nitrogen and oxygen atoms in total. The Labute approximate surface area is 76.8 Å². The maximum atomic E-state index is 11.1. The first kappa shape index (κ1) is 10.1. The van der Waals surface area contributed by atoms with Gasteiger partial charge in [-0.3, -0.25) is 9.59 Å².